The molecule has 0 aliphatic rings. The monoisotopic (exact) mass is 516 g/mol. The molecule has 9 heteroatoms. The first-order valence-electron chi connectivity index (χ1n) is 11.0. The van der Waals surface area contributed by atoms with E-state index in [9.17, 15) is 13.2 Å². The van der Waals surface area contributed by atoms with Crippen molar-refractivity contribution in [2.75, 3.05) is 30.4 Å². The van der Waals surface area contributed by atoms with E-state index in [-0.39, 0.29) is 21.4 Å². The first kappa shape index (κ1) is 26.4. The molecule has 3 rings (SSSR count). The van der Waals surface area contributed by atoms with Gasteiger partial charge in [0.1, 0.15) is 22.9 Å². The molecule has 35 heavy (non-hydrogen) atoms. The van der Waals surface area contributed by atoms with Crippen molar-refractivity contribution in [3.05, 3.63) is 76.8 Å². The summed E-state index contributed by atoms with van der Waals surface area (Å²) in [6, 6.07) is 16.8. The van der Waals surface area contributed by atoms with Gasteiger partial charge in [-0.25, -0.2) is 8.42 Å². The van der Waals surface area contributed by atoms with Gasteiger partial charge in [-0.1, -0.05) is 43.6 Å². The molecule has 0 unspecified atom stereocenters. The number of nitrogens with zero attached hydrogens (tertiary/aromatic N) is 1. The van der Waals surface area contributed by atoms with E-state index < -0.39 is 22.5 Å². The maximum Gasteiger partial charge on any atom is 0.268 e. The molecular weight excluding hydrogens is 488 g/mol. The molecule has 186 valence electrons. The van der Waals surface area contributed by atoms with Crippen LogP contribution in [0.3, 0.4) is 0 Å². The lowest BCUT2D eigenvalue weighted by Crippen LogP contribution is -2.38. The SMILES string of the molecule is COc1ccc(N(CC(=O)Nc2ccc(C(C)C)cc2)S(=O)(=O)c2cc(C)ccc2OC)cc1Cl. The Bertz CT molecular complexity index is 1310. The van der Waals surface area contributed by atoms with Gasteiger partial charge < -0.3 is 14.8 Å². The van der Waals surface area contributed by atoms with E-state index in [1.807, 2.05) is 12.1 Å². The lowest BCUT2D eigenvalue weighted by molar-refractivity contribution is -0.114. The van der Waals surface area contributed by atoms with Gasteiger partial charge in [0, 0.05) is 5.69 Å². The van der Waals surface area contributed by atoms with E-state index in [4.69, 9.17) is 21.1 Å². The molecule has 7 nitrogen and oxygen atoms in total. The maximum absolute atomic E-state index is 13.8. The van der Waals surface area contributed by atoms with Crippen LogP contribution in [0.1, 0.15) is 30.9 Å². The zero-order chi connectivity index (χ0) is 25.8. The number of amides is 1. The number of sulfonamides is 1. The molecule has 0 radical (unpaired) electrons. The minimum absolute atomic E-state index is 0.0546. The van der Waals surface area contributed by atoms with Crippen molar-refractivity contribution in [3.63, 3.8) is 0 Å². The molecule has 0 atom stereocenters. The number of hydrogen-bond acceptors (Lipinski definition) is 5. The van der Waals surface area contributed by atoms with Crippen LogP contribution >= 0.6 is 11.6 Å². The van der Waals surface area contributed by atoms with Gasteiger partial charge in [0.15, 0.2) is 0 Å². The summed E-state index contributed by atoms with van der Waals surface area (Å²) in [4.78, 5) is 13.0. The molecule has 0 heterocycles. The summed E-state index contributed by atoms with van der Waals surface area (Å²) >= 11 is 6.29. The van der Waals surface area contributed by atoms with Crippen LogP contribution in [-0.4, -0.2) is 35.1 Å². The minimum Gasteiger partial charge on any atom is -0.495 e. The number of methoxy groups -OCH3 is 2. The third-order valence-electron chi connectivity index (χ3n) is 5.46. The highest BCUT2D eigenvalue weighted by molar-refractivity contribution is 7.93. The number of carbonyl (C=O) groups excluding carboxylic acids is 1. The summed E-state index contributed by atoms with van der Waals surface area (Å²) in [5, 5.41) is 2.99. The predicted molar refractivity (Wildman–Crippen MR) is 139 cm³/mol. The molecule has 0 aromatic heterocycles. The number of rotatable bonds is 9. The van der Waals surface area contributed by atoms with Gasteiger partial charge in [0.2, 0.25) is 5.91 Å². The van der Waals surface area contributed by atoms with E-state index in [0.29, 0.717) is 17.4 Å². The van der Waals surface area contributed by atoms with Crippen molar-refractivity contribution < 1.29 is 22.7 Å². The Hall–Kier alpha value is -3.23. The second-order valence-electron chi connectivity index (χ2n) is 8.31. The van der Waals surface area contributed by atoms with Crippen LogP contribution in [0.15, 0.2) is 65.6 Å². The van der Waals surface area contributed by atoms with Crippen molar-refractivity contribution in [1.82, 2.24) is 0 Å². The highest BCUT2D eigenvalue weighted by Gasteiger charge is 2.30. The van der Waals surface area contributed by atoms with E-state index in [0.717, 1.165) is 15.4 Å². The van der Waals surface area contributed by atoms with Gasteiger partial charge in [0.25, 0.3) is 10.0 Å². The summed E-state index contributed by atoms with van der Waals surface area (Å²) in [5.74, 6) is 0.398. The average molecular weight is 517 g/mol. The van der Waals surface area contributed by atoms with Crippen molar-refractivity contribution >= 4 is 38.9 Å². The van der Waals surface area contributed by atoms with E-state index in [1.165, 1.54) is 32.4 Å². The first-order chi connectivity index (χ1) is 16.6. The summed E-state index contributed by atoms with van der Waals surface area (Å²) in [5.41, 5.74) is 2.64. The number of carbonyl (C=O) groups is 1. The van der Waals surface area contributed by atoms with Crippen molar-refractivity contribution in [1.29, 1.82) is 0 Å². The highest BCUT2D eigenvalue weighted by Crippen LogP contribution is 2.34. The molecule has 0 bridgehead atoms. The molecule has 3 aromatic carbocycles. The number of nitrogens with one attached hydrogen (secondary N) is 1. The van der Waals surface area contributed by atoms with Gasteiger partial charge in [-0.3, -0.25) is 9.10 Å². The predicted octanol–water partition coefficient (Wildman–Crippen LogP) is 5.62. The Balaban J connectivity index is 2.01. The van der Waals surface area contributed by atoms with Gasteiger partial charge in [-0.05, 0) is 66.4 Å². The lowest BCUT2D eigenvalue weighted by Gasteiger charge is -2.25. The Labute approximate surface area is 211 Å². The van der Waals surface area contributed by atoms with Gasteiger partial charge in [0.05, 0.1) is 24.9 Å². The van der Waals surface area contributed by atoms with Crippen LogP contribution in [-0.2, 0) is 14.8 Å². The molecule has 1 amide bonds. The third kappa shape index (κ3) is 6.07. The molecule has 0 aliphatic heterocycles. The lowest BCUT2D eigenvalue weighted by atomic mass is 10.0. The molecule has 0 spiro atoms. The maximum atomic E-state index is 13.8. The Morgan fingerprint density at radius 3 is 2.17 bits per heavy atom. The van der Waals surface area contributed by atoms with Crippen LogP contribution in [0.2, 0.25) is 5.02 Å². The fourth-order valence-electron chi connectivity index (χ4n) is 3.51. The van der Waals surface area contributed by atoms with Crippen molar-refractivity contribution in [2.45, 2.75) is 31.6 Å². The number of halogens is 1. The minimum atomic E-state index is -4.21. The van der Waals surface area contributed by atoms with Crippen LogP contribution in [0, 0.1) is 6.92 Å². The fraction of sp³-hybridized carbons (Fsp3) is 0.269. The number of benzene rings is 3. The van der Waals surface area contributed by atoms with E-state index in [1.54, 1.807) is 37.3 Å². The van der Waals surface area contributed by atoms with Crippen molar-refractivity contribution in [3.8, 4) is 11.5 Å². The quantitative estimate of drug-likeness (QED) is 0.399. The molecule has 1 N–H and O–H groups in total. The van der Waals surface area contributed by atoms with Gasteiger partial charge >= 0.3 is 0 Å². The molecule has 0 saturated carbocycles. The molecular formula is C26H29ClN2O5S. The number of hydrogen-bond donors (Lipinski definition) is 1. The molecule has 0 aliphatic carbocycles. The van der Waals surface area contributed by atoms with Crippen LogP contribution in [0.25, 0.3) is 0 Å². The van der Waals surface area contributed by atoms with Crippen LogP contribution in [0.5, 0.6) is 11.5 Å². The van der Waals surface area contributed by atoms with E-state index in [2.05, 4.69) is 19.2 Å². The topological polar surface area (TPSA) is 84.9 Å². The second kappa shape index (κ2) is 11.0. The summed E-state index contributed by atoms with van der Waals surface area (Å²) < 4.78 is 39.2. The number of ether oxygens (including phenoxy) is 2. The third-order valence-corrected chi connectivity index (χ3v) is 7.55. The van der Waals surface area contributed by atoms with Gasteiger partial charge in [-0.15, -0.1) is 0 Å². The summed E-state index contributed by atoms with van der Waals surface area (Å²) in [6.07, 6.45) is 0. The number of aryl methyl sites for hydroxylation is 1. The van der Waals surface area contributed by atoms with Crippen molar-refractivity contribution in [2.24, 2.45) is 0 Å². The first-order valence-corrected chi connectivity index (χ1v) is 12.8. The summed E-state index contributed by atoms with van der Waals surface area (Å²) in [7, 11) is -1.36. The normalized spacial score (nSPS) is 11.3. The van der Waals surface area contributed by atoms with Crippen LogP contribution in [0.4, 0.5) is 11.4 Å². The fourth-order valence-corrected chi connectivity index (χ4v) is 5.42. The Kier molecular flexibility index (Phi) is 8.30. The molecule has 0 saturated heterocycles. The molecule has 3 aromatic rings. The highest BCUT2D eigenvalue weighted by atomic mass is 35.5. The largest absolute Gasteiger partial charge is 0.495 e. The Morgan fingerprint density at radius 2 is 1.60 bits per heavy atom. The average Bonchev–Trinajstić information content (AvgIpc) is 2.82. The zero-order valence-corrected chi connectivity index (χ0v) is 21.9. The summed E-state index contributed by atoms with van der Waals surface area (Å²) in [6.45, 7) is 5.46. The van der Waals surface area contributed by atoms with Crippen LogP contribution < -0.4 is 19.1 Å². The van der Waals surface area contributed by atoms with Gasteiger partial charge in [-0.2, -0.15) is 0 Å². The smallest absolute Gasteiger partial charge is 0.268 e. The van der Waals surface area contributed by atoms with E-state index >= 15 is 0 Å². The number of anilines is 2. The zero-order valence-electron chi connectivity index (χ0n) is 20.3. The standard InChI is InChI=1S/C26H29ClN2O5S/c1-17(2)19-7-9-20(10-8-19)28-26(30)16-29(21-11-13-23(33-4)22(27)15-21)35(31,32)25-14-18(3)6-12-24(25)34-5/h6-15,17H,16H2,1-5H3,(H,28,30). The Morgan fingerprint density at radius 1 is 0.971 bits per heavy atom. The molecule has 0 fully saturated rings. The second-order valence-corrected chi connectivity index (χ2v) is 10.5.